The Morgan fingerprint density at radius 1 is 1.04 bits per heavy atom. The zero-order valence-electron chi connectivity index (χ0n) is 14.3. The van der Waals surface area contributed by atoms with E-state index in [0.717, 1.165) is 6.42 Å². The Morgan fingerprint density at radius 2 is 1.67 bits per heavy atom. The molecule has 0 aromatic heterocycles. The molecule has 0 aliphatic carbocycles. The Balaban J connectivity index is 1.83. The Kier molecular flexibility index (Phi) is 6.35. The van der Waals surface area contributed by atoms with Crippen LogP contribution in [0.1, 0.15) is 37.0 Å². The lowest BCUT2D eigenvalue weighted by Gasteiger charge is -2.23. The molecule has 6 heteroatoms. The molecular weight excluding hydrogens is 306 g/mol. The molecule has 1 aromatic rings. The minimum Gasteiger partial charge on any atom is -0.349 e. The van der Waals surface area contributed by atoms with Crippen molar-refractivity contribution in [1.82, 2.24) is 15.1 Å². The van der Waals surface area contributed by atoms with Crippen LogP contribution in [0.2, 0.25) is 0 Å². The van der Waals surface area contributed by atoms with Gasteiger partial charge in [-0.05, 0) is 25.5 Å². The molecule has 24 heavy (non-hydrogen) atoms. The summed E-state index contributed by atoms with van der Waals surface area (Å²) in [5, 5.41) is 2.86. The summed E-state index contributed by atoms with van der Waals surface area (Å²) in [5.41, 5.74) is 0.587. The zero-order valence-corrected chi connectivity index (χ0v) is 14.3. The smallest absolute Gasteiger partial charge is 0.251 e. The van der Waals surface area contributed by atoms with E-state index >= 15 is 0 Å². The Morgan fingerprint density at radius 3 is 2.33 bits per heavy atom. The van der Waals surface area contributed by atoms with E-state index in [0.29, 0.717) is 31.7 Å². The number of carbonyl (C=O) groups is 3. The van der Waals surface area contributed by atoms with Gasteiger partial charge in [0.15, 0.2) is 0 Å². The van der Waals surface area contributed by atoms with Crippen molar-refractivity contribution in [2.24, 2.45) is 0 Å². The average Bonchev–Trinajstić information content (AvgIpc) is 2.81. The normalized spacial score (nSPS) is 16.2. The van der Waals surface area contributed by atoms with E-state index in [1.165, 1.54) is 0 Å². The molecule has 1 atom stereocenters. The lowest BCUT2D eigenvalue weighted by atomic mass is 10.1. The Hall–Kier alpha value is -2.37. The van der Waals surface area contributed by atoms with E-state index in [4.69, 9.17) is 0 Å². The first-order valence-corrected chi connectivity index (χ1v) is 8.36. The zero-order chi connectivity index (χ0) is 17.5. The summed E-state index contributed by atoms with van der Waals surface area (Å²) < 4.78 is 0. The summed E-state index contributed by atoms with van der Waals surface area (Å²) in [6, 6.07) is 8.72. The van der Waals surface area contributed by atoms with Gasteiger partial charge < -0.3 is 15.1 Å². The number of carbonyl (C=O) groups excluding carboxylic acids is 3. The van der Waals surface area contributed by atoms with Gasteiger partial charge in [0.05, 0.1) is 0 Å². The number of hydrogen-bond donors (Lipinski definition) is 1. The molecule has 2 rings (SSSR count). The SMILES string of the molecule is CC(=O)N1CCCN(C(=O)CC(C)NC(=O)c2ccccc2)CC1. The van der Waals surface area contributed by atoms with Crippen LogP contribution in [0.5, 0.6) is 0 Å². The van der Waals surface area contributed by atoms with E-state index in [9.17, 15) is 14.4 Å². The molecule has 0 bridgehead atoms. The van der Waals surface area contributed by atoms with Crippen molar-refractivity contribution < 1.29 is 14.4 Å². The van der Waals surface area contributed by atoms with E-state index in [-0.39, 0.29) is 30.2 Å². The van der Waals surface area contributed by atoms with Crippen LogP contribution < -0.4 is 5.32 Å². The molecular formula is C18H25N3O3. The summed E-state index contributed by atoms with van der Waals surface area (Å²) in [5.74, 6) is -0.108. The van der Waals surface area contributed by atoms with Crippen molar-refractivity contribution >= 4 is 17.7 Å². The van der Waals surface area contributed by atoms with Crippen molar-refractivity contribution in [3.05, 3.63) is 35.9 Å². The quantitative estimate of drug-likeness (QED) is 0.903. The average molecular weight is 331 g/mol. The number of rotatable bonds is 4. The van der Waals surface area contributed by atoms with E-state index in [2.05, 4.69) is 5.32 Å². The van der Waals surface area contributed by atoms with Crippen LogP contribution in [0.25, 0.3) is 0 Å². The van der Waals surface area contributed by atoms with Crippen LogP contribution in [0, 0.1) is 0 Å². The third-order valence-corrected chi connectivity index (χ3v) is 4.19. The summed E-state index contributed by atoms with van der Waals surface area (Å²) >= 11 is 0. The van der Waals surface area contributed by atoms with Gasteiger partial charge >= 0.3 is 0 Å². The fraction of sp³-hybridized carbons (Fsp3) is 0.500. The minimum absolute atomic E-state index is 0.0151. The molecule has 1 aliphatic rings. The van der Waals surface area contributed by atoms with Gasteiger partial charge in [-0.15, -0.1) is 0 Å². The lowest BCUT2D eigenvalue weighted by molar-refractivity contribution is -0.132. The minimum atomic E-state index is -0.239. The second-order valence-electron chi connectivity index (χ2n) is 6.19. The van der Waals surface area contributed by atoms with Crippen molar-refractivity contribution in [1.29, 1.82) is 0 Å². The highest BCUT2D eigenvalue weighted by molar-refractivity contribution is 5.94. The summed E-state index contributed by atoms with van der Waals surface area (Å²) in [4.78, 5) is 39.5. The summed E-state index contributed by atoms with van der Waals surface area (Å²) in [6.45, 7) is 5.86. The molecule has 1 unspecified atom stereocenters. The largest absolute Gasteiger partial charge is 0.349 e. The molecule has 6 nitrogen and oxygen atoms in total. The molecule has 3 amide bonds. The van der Waals surface area contributed by atoms with Crippen LogP contribution in [0.3, 0.4) is 0 Å². The van der Waals surface area contributed by atoms with Crippen molar-refractivity contribution in [2.45, 2.75) is 32.7 Å². The molecule has 1 heterocycles. The Labute approximate surface area is 142 Å². The van der Waals surface area contributed by atoms with Gasteiger partial charge in [0.1, 0.15) is 0 Å². The van der Waals surface area contributed by atoms with Crippen LogP contribution in [-0.2, 0) is 9.59 Å². The molecule has 1 fully saturated rings. The molecule has 1 aromatic carbocycles. The van der Waals surface area contributed by atoms with Crippen molar-refractivity contribution in [3.8, 4) is 0 Å². The predicted octanol–water partition coefficient (Wildman–Crippen LogP) is 1.28. The molecule has 130 valence electrons. The van der Waals surface area contributed by atoms with Gasteiger partial charge in [-0.3, -0.25) is 14.4 Å². The number of nitrogens with zero attached hydrogens (tertiary/aromatic N) is 2. The first-order valence-electron chi connectivity index (χ1n) is 8.36. The fourth-order valence-electron chi connectivity index (χ4n) is 2.82. The standard InChI is InChI=1S/C18H25N3O3/c1-14(19-18(24)16-7-4-3-5-8-16)13-17(23)21-10-6-9-20(11-12-21)15(2)22/h3-5,7-8,14H,6,9-13H2,1-2H3,(H,19,24). The fourth-order valence-corrected chi connectivity index (χ4v) is 2.82. The van der Waals surface area contributed by atoms with Gasteiger partial charge in [-0.2, -0.15) is 0 Å². The third kappa shape index (κ3) is 5.08. The maximum Gasteiger partial charge on any atom is 0.251 e. The van der Waals surface area contributed by atoms with Crippen LogP contribution >= 0.6 is 0 Å². The first-order chi connectivity index (χ1) is 11.5. The highest BCUT2D eigenvalue weighted by atomic mass is 16.2. The molecule has 0 spiro atoms. The summed E-state index contributed by atoms with van der Waals surface area (Å²) in [6.07, 6.45) is 1.05. The second kappa shape index (κ2) is 8.47. The van der Waals surface area contributed by atoms with Crippen LogP contribution in [0.4, 0.5) is 0 Å². The summed E-state index contributed by atoms with van der Waals surface area (Å²) in [7, 11) is 0. The lowest BCUT2D eigenvalue weighted by Crippen LogP contribution is -2.41. The van der Waals surface area contributed by atoms with Gasteiger partial charge in [0.2, 0.25) is 11.8 Å². The topological polar surface area (TPSA) is 69.7 Å². The molecule has 0 saturated carbocycles. The highest BCUT2D eigenvalue weighted by Crippen LogP contribution is 2.07. The van der Waals surface area contributed by atoms with Gasteiger partial charge in [0.25, 0.3) is 5.91 Å². The second-order valence-corrected chi connectivity index (χ2v) is 6.19. The van der Waals surface area contributed by atoms with E-state index in [1.807, 2.05) is 25.1 Å². The first kappa shape index (κ1) is 18.0. The molecule has 1 aliphatic heterocycles. The number of benzene rings is 1. The van der Waals surface area contributed by atoms with E-state index < -0.39 is 0 Å². The molecule has 1 N–H and O–H groups in total. The van der Waals surface area contributed by atoms with Crippen molar-refractivity contribution in [2.75, 3.05) is 26.2 Å². The van der Waals surface area contributed by atoms with Gasteiger partial charge in [-0.1, -0.05) is 18.2 Å². The maximum absolute atomic E-state index is 12.4. The highest BCUT2D eigenvalue weighted by Gasteiger charge is 2.22. The number of amides is 3. The van der Waals surface area contributed by atoms with Crippen LogP contribution in [-0.4, -0.2) is 59.7 Å². The maximum atomic E-state index is 12.4. The third-order valence-electron chi connectivity index (χ3n) is 4.19. The predicted molar refractivity (Wildman–Crippen MR) is 91.4 cm³/mol. The van der Waals surface area contributed by atoms with Gasteiger partial charge in [-0.25, -0.2) is 0 Å². The van der Waals surface area contributed by atoms with Crippen LogP contribution in [0.15, 0.2) is 30.3 Å². The van der Waals surface area contributed by atoms with E-state index in [1.54, 1.807) is 28.9 Å². The number of hydrogen-bond acceptors (Lipinski definition) is 3. The number of nitrogens with one attached hydrogen (secondary N) is 1. The molecule has 1 saturated heterocycles. The van der Waals surface area contributed by atoms with Crippen molar-refractivity contribution in [3.63, 3.8) is 0 Å². The Bertz CT molecular complexity index is 588. The van der Waals surface area contributed by atoms with Gasteiger partial charge in [0, 0.05) is 51.1 Å². The monoisotopic (exact) mass is 331 g/mol. The molecule has 0 radical (unpaired) electrons.